The summed E-state index contributed by atoms with van der Waals surface area (Å²) in [5.74, 6) is 2.00. The van der Waals surface area contributed by atoms with Crippen molar-refractivity contribution in [2.75, 3.05) is 12.7 Å². The third-order valence-corrected chi connectivity index (χ3v) is 16.9. The number of benzene rings is 5. The molecule has 8 heteroatoms. The topological polar surface area (TPSA) is 82.1 Å². The monoisotopic (exact) mass is 694 g/mol. The van der Waals surface area contributed by atoms with Crippen molar-refractivity contribution in [3.05, 3.63) is 121 Å². The van der Waals surface area contributed by atoms with Gasteiger partial charge < -0.3 is 28.4 Å². The van der Waals surface area contributed by atoms with Gasteiger partial charge in [-0.25, -0.2) is 0 Å². The highest BCUT2D eigenvalue weighted by Gasteiger charge is 2.49. The summed E-state index contributed by atoms with van der Waals surface area (Å²) in [6.45, 7) is 12.3. The Kier molecular flexibility index (Phi) is 9.35. The van der Waals surface area contributed by atoms with Crippen LogP contribution in [0.15, 0.2) is 115 Å². The van der Waals surface area contributed by atoms with E-state index in [1.54, 1.807) is 6.07 Å². The zero-order valence-corrected chi connectivity index (χ0v) is 30.8. The molecule has 0 spiro atoms. The van der Waals surface area contributed by atoms with Crippen LogP contribution in [0.3, 0.4) is 0 Å². The molecule has 2 heterocycles. The average molecular weight is 695 g/mol. The van der Waals surface area contributed by atoms with E-state index in [9.17, 15) is 14.2 Å². The molecule has 5 aromatic rings. The molecule has 49 heavy (non-hydrogen) atoms. The average Bonchev–Trinajstić information content (AvgIpc) is 3.65. The number of phenolic OH excluding ortho intramolecular Hbond substituents is 1. The SMILES string of the molecule is CC(C)(C)[P@@]1(=O)COc2c(-c3ccccc3)ccc(O)c21.CC(C)(C)[P@@]1(=O)COc2c(-c3ccccc3)ccc(OCc3ccccc3)c21. The predicted octanol–water partition coefficient (Wildman–Crippen LogP) is 10.3. The highest BCUT2D eigenvalue weighted by atomic mass is 31.2. The van der Waals surface area contributed by atoms with Crippen LogP contribution < -0.4 is 24.8 Å². The fourth-order valence-corrected chi connectivity index (χ4v) is 11.1. The zero-order valence-electron chi connectivity index (χ0n) is 29.0. The molecule has 0 amide bonds. The zero-order chi connectivity index (χ0) is 35.0. The van der Waals surface area contributed by atoms with Crippen molar-refractivity contribution in [1.82, 2.24) is 0 Å². The molecule has 0 saturated heterocycles. The third-order valence-electron chi connectivity index (χ3n) is 9.28. The van der Waals surface area contributed by atoms with Gasteiger partial charge in [-0.1, -0.05) is 133 Å². The summed E-state index contributed by atoms with van der Waals surface area (Å²) < 4.78 is 45.5. The Morgan fingerprint density at radius 2 is 1.02 bits per heavy atom. The lowest BCUT2D eigenvalue weighted by Crippen LogP contribution is -2.23. The predicted molar refractivity (Wildman–Crippen MR) is 201 cm³/mol. The van der Waals surface area contributed by atoms with E-state index in [0.717, 1.165) is 33.1 Å². The van der Waals surface area contributed by atoms with E-state index < -0.39 is 24.6 Å². The van der Waals surface area contributed by atoms with Crippen LogP contribution in [-0.4, -0.2) is 28.1 Å². The molecule has 2 aliphatic rings. The van der Waals surface area contributed by atoms with Crippen molar-refractivity contribution >= 4 is 24.9 Å². The molecule has 0 aliphatic carbocycles. The first-order chi connectivity index (χ1) is 23.2. The molecule has 254 valence electrons. The lowest BCUT2D eigenvalue weighted by atomic mass is 10.0. The summed E-state index contributed by atoms with van der Waals surface area (Å²) in [6.07, 6.45) is 0.376. The van der Waals surface area contributed by atoms with E-state index >= 15 is 0 Å². The standard InChI is InChI=1S/C24H25O3P.C17H19O3P/c1-24(2,3)28(25)17-27-22-20(19-12-8-5-9-13-19)14-15-21(23(22)28)26-16-18-10-6-4-7-11-18;1-17(2,3)21(19)11-20-15-13(9-10-14(18)16(15)21)12-7-5-4-6-8-12/h4-15H,16-17H2,1-3H3;4-10,18H,11H2,1-3H3/t28-;21-/m11/s1. The van der Waals surface area contributed by atoms with Gasteiger partial charge >= 0.3 is 0 Å². The number of hydrogen-bond donors (Lipinski definition) is 1. The minimum atomic E-state index is -2.80. The van der Waals surface area contributed by atoms with Gasteiger partial charge in [0.25, 0.3) is 0 Å². The van der Waals surface area contributed by atoms with Crippen molar-refractivity contribution in [1.29, 1.82) is 0 Å². The summed E-state index contributed by atoms with van der Waals surface area (Å²) in [7, 11) is -5.60. The van der Waals surface area contributed by atoms with Crippen LogP contribution in [0.1, 0.15) is 47.1 Å². The summed E-state index contributed by atoms with van der Waals surface area (Å²) in [4.78, 5) is 0. The van der Waals surface area contributed by atoms with Crippen LogP contribution in [0.5, 0.6) is 23.0 Å². The molecule has 0 radical (unpaired) electrons. The normalized spacial score (nSPS) is 19.5. The Balaban J connectivity index is 0.000000177. The summed E-state index contributed by atoms with van der Waals surface area (Å²) in [6, 6.07) is 37.3. The van der Waals surface area contributed by atoms with E-state index in [2.05, 4.69) is 0 Å². The number of fused-ring (bicyclic) bond motifs is 2. The van der Waals surface area contributed by atoms with Crippen molar-refractivity contribution < 1.29 is 28.4 Å². The van der Waals surface area contributed by atoms with Crippen LogP contribution in [-0.2, 0) is 15.7 Å². The number of aromatic hydroxyl groups is 1. The van der Waals surface area contributed by atoms with Crippen molar-refractivity contribution in [2.24, 2.45) is 0 Å². The fraction of sp³-hybridized carbons (Fsp3) is 0.268. The summed E-state index contributed by atoms with van der Waals surface area (Å²) in [5.41, 5.74) is 4.97. The maximum atomic E-state index is 14.1. The maximum absolute atomic E-state index is 14.1. The second-order valence-electron chi connectivity index (χ2n) is 14.5. The van der Waals surface area contributed by atoms with Gasteiger partial charge in [0.15, 0.2) is 14.3 Å². The van der Waals surface area contributed by atoms with Crippen LogP contribution >= 0.6 is 14.3 Å². The van der Waals surface area contributed by atoms with Gasteiger partial charge in [-0.15, -0.1) is 0 Å². The minimum Gasteiger partial charge on any atom is -0.507 e. The molecule has 0 unspecified atom stereocenters. The summed E-state index contributed by atoms with van der Waals surface area (Å²) in [5, 5.41) is 10.6. The lowest BCUT2D eigenvalue weighted by molar-refractivity contribution is 0.308. The van der Waals surface area contributed by atoms with Gasteiger partial charge in [0.1, 0.15) is 42.3 Å². The number of ether oxygens (including phenoxy) is 3. The van der Waals surface area contributed by atoms with Gasteiger partial charge in [0.2, 0.25) is 0 Å². The number of phenols is 1. The van der Waals surface area contributed by atoms with Crippen LogP contribution in [0.25, 0.3) is 22.3 Å². The van der Waals surface area contributed by atoms with Crippen molar-refractivity contribution in [2.45, 2.75) is 58.5 Å². The van der Waals surface area contributed by atoms with Gasteiger partial charge in [0.05, 0.1) is 10.6 Å². The highest BCUT2D eigenvalue weighted by molar-refractivity contribution is 7.74. The van der Waals surface area contributed by atoms with E-state index in [1.807, 2.05) is 151 Å². The van der Waals surface area contributed by atoms with Gasteiger partial charge in [0, 0.05) is 21.4 Å². The minimum absolute atomic E-state index is 0.0699. The Morgan fingerprint density at radius 3 is 1.51 bits per heavy atom. The molecule has 0 fully saturated rings. The second kappa shape index (κ2) is 13.2. The molecular weight excluding hydrogens is 650 g/mol. The Bertz CT molecular complexity index is 2050. The van der Waals surface area contributed by atoms with Crippen LogP contribution in [0.2, 0.25) is 0 Å². The molecule has 7 rings (SSSR count). The molecule has 1 N–H and O–H groups in total. The Labute approximate surface area is 289 Å². The van der Waals surface area contributed by atoms with E-state index in [-0.39, 0.29) is 18.4 Å². The first-order valence-corrected chi connectivity index (χ1v) is 20.3. The first kappa shape index (κ1) is 34.6. The van der Waals surface area contributed by atoms with Crippen molar-refractivity contribution in [3.8, 4) is 45.3 Å². The molecule has 0 saturated carbocycles. The Hall–Kier alpha value is -4.24. The van der Waals surface area contributed by atoms with Crippen LogP contribution in [0.4, 0.5) is 0 Å². The van der Waals surface area contributed by atoms with Gasteiger partial charge in [-0.2, -0.15) is 0 Å². The third kappa shape index (κ3) is 6.45. The largest absolute Gasteiger partial charge is 0.507 e. The molecule has 2 atom stereocenters. The second-order valence-corrected chi connectivity index (χ2v) is 21.5. The molecular formula is C41H44O6P2. The highest BCUT2D eigenvalue weighted by Crippen LogP contribution is 2.65. The maximum Gasteiger partial charge on any atom is 0.163 e. The molecule has 5 aromatic carbocycles. The van der Waals surface area contributed by atoms with Crippen molar-refractivity contribution in [3.63, 3.8) is 0 Å². The summed E-state index contributed by atoms with van der Waals surface area (Å²) >= 11 is 0. The lowest BCUT2D eigenvalue weighted by Gasteiger charge is -2.27. The number of hydrogen-bond acceptors (Lipinski definition) is 6. The molecule has 6 nitrogen and oxygen atoms in total. The molecule has 0 aromatic heterocycles. The number of rotatable bonds is 5. The van der Waals surface area contributed by atoms with Crippen LogP contribution in [0, 0.1) is 0 Å². The van der Waals surface area contributed by atoms with E-state index in [4.69, 9.17) is 14.2 Å². The van der Waals surface area contributed by atoms with E-state index in [1.165, 1.54) is 0 Å². The molecule has 0 bridgehead atoms. The van der Waals surface area contributed by atoms with Gasteiger partial charge in [-0.3, -0.25) is 0 Å². The quantitative estimate of drug-likeness (QED) is 0.185. The van der Waals surface area contributed by atoms with Gasteiger partial charge in [-0.05, 0) is 41.0 Å². The van der Waals surface area contributed by atoms with E-state index in [0.29, 0.717) is 29.2 Å². The Morgan fingerprint density at radius 1 is 0.592 bits per heavy atom. The smallest absolute Gasteiger partial charge is 0.163 e. The fourth-order valence-electron chi connectivity index (χ4n) is 6.14. The molecule has 2 aliphatic heterocycles. The first-order valence-electron chi connectivity index (χ1n) is 16.5.